The lowest BCUT2D eigenvalue weighted by Crippen LogP contribution is -1.91. The molecule has 0 amide bonds. The maximum atomic E-state index is 5.24. The van der Waals surface area contributed by atoms with Crippen molar-refractivity contribution >= 4 is 54.1 Å². The number of nitrogens with zero attached hydrogens (tertiary/aromatic N) is 2. The third-order valence-electron chi connectivity index (χ3n) is 8.82. The molecular weight excluding hydrogens is 532 g/mol. The Balaban J connectivity index is 1.33. The van der Waals surface area contributed by atoms with Crippen molar-refractivity contribution in [3.63, 3.8) is 0 Å². The van der Waals surface area contributed by atoms with Crippen molar-refractivity contribution in [3.8, 4) is 33.5 Å². The highest BCUT2D eigenvalue weighted by Crippen LogP contribution is 2.39. The third kappa shape index (κ3) is 4.04. The summed E-state index contributed by atoms with van der Waals surface area (Å²) in [5, 5.41) is 9.67. The first-order valence-corrected chi connectivity index (χ1v) is 15.0. The van der Waals surface area contributed by atoms with Gasteiger partial charge in [-0.05, 0) is 97.0 Å². The molecule has 44 heavy (non-hydrogen) atoms. The predicted octanol–water partition coefficient (Wildman–Crippen LogP) is 11.2. The lowest BCUT2D eigenvalue weighted by atomic mass is 9.89. The molecule has 0 atom stereocenters. The summed E-state index contributed by atoms with van der Waals surface area (Å²) >= 11 is 0. The van der Waals surface area contributed by atoms with Gasteiger partial charge in [0.1, 0.15) is 0 Å². The fraction of sp³-hybridized carbons (Fsp3) is 0. The monoisotopic (exact) mass is 558 g/mol. The van der Waals surface area contributed by atoms with E-state index in [-0.39, 0.29) is 0 Å². The molecule has 204 valence electrons. The van der Waals surface area contributed by atoms with E-state index >= 15 is 0 Å². The van der Waals surface area contributed by atoms with E-state index in [1.54, 1.807) is 0 Å². The molecule has 2 nitrogen and oxygen atoms in total. The summed E-state index contributed by atoms with van der Waals surface area (Å²) in [6.07, 6.45) is 1.85. The van der Waals surface area contributed by atoms with E-state index < -0.39 is 0 Å². The van der Waals surface area contributed by atoms with Crippen LogP contribution in [0.5, 0.6) is 0 Å². The number of rotatable bonds is 3. The van der Waals surface area contributed by atoms with E-state index in [1.165, 1.54) is 54.6 Å². The number of aromatic nitrogens is 2. The smallest absolute Gasteiger partial charge is 0.0972 e. The Morgan fingerprint density at radius 3 is 1.86 bits per heavy atom. The Morgan fingerprint density at radius 2 is 0.977 bits per heavy atom. The van der Waals surface area contributed by atoms with Crippen LogP contribution in [0.25, 0.3) is 87.6 Å². The normalized spacial score (nSPS) is 11.6. The second kappa shape index (κ2) is 9.86. The van der Waals surface area contributed by atoms with Crippen LogP contribution in [0.1, 0.15) is 0 Å². The van der Waals surface area contributed by atoms with Crippen LogP contribution in [0.3, 0.4) is 0 Å². The van der Waals surface area contributed by atoms with Gasteiger partial charge in [-0.25, -0.2) is 4.98 Å². The number of pyridine rings is 2. The Morgan fingerprint density at radius 1 is 0.341 bits per heavy atom. The molecule has 9 rings (SSSR count). The van der Waals surface area contributed by atoms with Crippen molar-refractivity contribution in [2.75, 3.05) is 0 Å². The summed E-state index contributed by atoms with van der Waals surface area (Å²) in [6.45, 7) is 0. The maximum Gasteiger partial charge on any atom is 0.0972 e. The Labute approximate surface area is 254 Å². The maximum absolute atomic E-state index is 5.24. The second-order valence-electron chi connectivity index (χ2n) is 11.5. The molecule has 0 aliphatic carbocycles. The number of hydrogen-bond acceptors (Lipinski definition) is 2. The molecule has 0 unspecified atom stereocenters. The van der Waals surface area contributed by atoms with Crippen molar-refractivity contribution < 1.29 is 0 Å². The molecule has 0 N–H and O–H groups in total. The highest BCUT2D eigenvalue weighted by Gasteiger charge is 2.14. The summed E-state index contributed by atoms with van der Waals surface area (Å²) in [5.74, 6) is 0. The van der Waals surface area contributed by atoms with E-state index in [9.17, 15) is 0 Å². The van der Waals surface area contributed by atoms with Crippen LogP contribution >= 0.6 is 0 Å². The van der Waals surface area contributed by atoms with Gasteiger partial charge in [0, 0.05) is 22.5 Å². The molecule has 0 bridgehead atoms. The lowest BCUT2D eigenvalue weighted by molar-refractivity contribution is 1.37. The molecule has 0 fully saturated rings. The summed E-state index contributed by atoms with van der Waals surface area (Å²) in [5.41, 5.74) is 8.61. The van der Waals surface area contributed by atoms with E-state index in [0.29, 0.717) is 0 Å². The summed E-state index contributed by atoms with van der Waals surface area (Å²) in [4.78, 5) is 9.95. The number of benzene rings is 7. The van der Waals surface area contributed by atoms with Gasteiger partial charge in [-0.1, -0.05) is 109 Å². The molecule has 0 aliphatic rings. The van der Waals surface area contributed by atoms with Crippen molar-refractivity contribution in [1.29, 1.82) is 0 Å². The van der Waals surface area contributed by atoms with Gasteiger partial charge in [-0.2, -0.15) is 0 Å². The quantitative estimate of drug-likeness (QED) is 0.202. The van der Waals surface area contributed by atoms with Crippen molar-refractivity contribution in [2.45, 2.75) is 0 Å². The van der Waals surface area contributed by atoms with Crippen LogP contribution in [-0.2, 0) is 0 Å². The first kappa shape index (κ1) is 24.7. The summed E-state index contributed by atoms with van der Waals surface area (Å²) in [7, 11) is 0. The van der Waals surface area contributed by atoms with E-state index in [0.717, 1.165) is 33.1 Å². The molecule has 0 saturated carbocycles. The van der Waals surface area contributed by atoms with E-state index in [2.05, 4.69) is 146 Å². The van der Waals surface area contributed by atoms with E-state index in [1.807, 2.05) is 12.3 Å². The van der Waals surface area contributed by atoms with Crippen molar-refractivity contribution in [1.82, 2.24) is 9.97 Å². The minimum Gasteiger partial charge on any atom is -0.254 e. The topological polar surface area (TPSA) is 25.8 Å². The first-order chi connectivity index (χ1) is 21.8. The first-order valence-electron chi connectivity index (χ1n) is 15.0. The SMILES string of the molecule is c1ccc2cc(-c3cc(-c4ccc5ccc6cccnc6c5n4)cc(-c4cc5ccccc5c5ccccc45)c3)ccc2c1. The second-order valence-corrected chi connectivity index (χ2v) is 11.5. The molecule has 2 aromatic heterocycles. The van der Waals surface area contributed by atoms with Crippen LogP contribution in [-0.4, -0.2) is 9.97 Å². The average molecular weight is 559 g/mol. The van der Waals surface area contributed by atoms with Crippen LogP contribution in [0, 0.1) is 0 Å². The highest BCUT2D eigenvalue weighted by molar-refractivity contribution is 6.14. The minimum atomic E-state index is 0.925. The van der Waals surface area contributed by atoms with Crippen molar-refractivity contribution in [2.24, 2.45) is 0 Å². The minimum absolute atomic E-state index is 0.925. The van der Waals surface area contributed by atoms with Gasteiger partial charge >= 0.3 is 0 Å². The molecule has 2 heterocycles. The lowest BCUT2D eigenvalue weighted by Gasteiger charge is -2.15. The van der Waals surface area contributed by atoms with Gasteiger partial charge in [-0.3, -0.25) is 4.98 Å². The Kier molecular flexibility index (Phi) is 5.54. The van der Waals surface area contributed by atoms with Crippen LogP contribution in [0.4, 0.5) is 0 Å². The zero-order chi connectivity index (χ0) is 29.0. The van der Waals surface area contributed by atoms with Gasteiger partial charge in [0.25, 0.3) is 0 Å². The molecule has 0 aliphatic heterocycles. The predicted molar refractivity (Wildman–Crippen MR) is 186 cm³/mol. The fourth-order valence-electron chi connectivity index (χ4n) is 6.64. The Hall–Kier alpha value is -5.86. The zero-order valence-corrected chi connectivity index (χ0v) is 23.9. The molecule has 7 aromatic carbocycles. The highest BCUT2D eigenvalue weighted by atomic mass is 14.7. The summed E-state index contributed by atoms with van der Waals surface area (Å²) < 4.78 is 0. The fourth-order valence-corrected chi connectivity index (χ4v) is 6.64. The van der Waals surface area contributed by atoms with E-state index in [4.69, 9.17) is 9.97 Å². The molecule has 0 saturated heterocycles. The van der Waals surface area contributed by atoms with Crippen LogP contribution in [0.15, 0.2) is 158 Å². The zero-order valence-electron chi connectivity index (χ0n) is 23.9. The van der Waals surface area contributed by atoms with Gasteiger partial charge < -0.3 is 0 Å². The molecule has 9 aromatic rings. The molecule has 0 radical (unpaired) electrons. The van der Waals surface area contributed by atoms with Gasteiger partial charge in [0.2, 0.25) is 0 Å². The summed E-state index contributed by atoms with van der Waals surface area (Å²) in [6, 6.07) is 54.6. The van der Waals surface area contributed by atoms with Crippen LogP contribution < -0.4 is 0 Å². The largest absolute Gasteiger partial charge is 0.254 e. The standard InChI is InChI=1S/C42H26N2/c1-2-9-30-22-31(18-15-27(30)8-1)33-23-34(39-26-32-10-3-4-12-36(32)37-13-5-6-14-38(37)39)25-35(24-33)40-20-19-29-17-16-28-11-7-21-43-41(28)42(29)44-40/h1-26H. The van der Waals surface area contributed by atoms with Crippen LogP contribution in [0.2, 0.25) is 0 Å². The Bertz CT molecular complexity index is 2560. The number of fused-ring (bicyclic) bond motifs is 7. The number of hydrogen-bond donors (Lipinski definition) is 0. The van der Waals surface area contributed by atoms with Crippen molar-refractivity contribution in [3.05, 3.63) is 158 Å². The molecule has 0 spiro atoms. The third-order valence-corrected chi connectivity index (χ3v) is 8.82. The van der Waals surface area contributed by atoms with Gasteiger partial charge in [0.15, 0.2) is 0 Å². The molecular formula is C42H26N2. The van der Waals surface area contributed by atoms with Gasteiger partial charge in [0.05, 0.1) is 16.7 Å². The molecule has 2 heteroatoms. The average Bonchev–Trinajstić information content (AvgIpc) is 3.10. The van der Waals surface area contributed by atoms with Gasteiger partial charge in [-0.15, -0.1) is 0 Å².